The maximum Gasteiger partial charge on any atom is 0.409 e. The molecule has 188 valence electrons. The van der Waals surface area contributed by atoms with Crippen molar-refractivity contribution in [3.05, 3.63) is 35.7 Å². The predicted molar refractivity (Wildman–Crippen MR) is 138 cm³/mol. The fourth-order valence-electron chi connectivity index (χ4n) is 3.50. The molecule has 11 nitrogen and oxygen atoms in total. The third-order valence-corrected chi connectivity index (χ3v) is 5.31. The van der Waals surface area contributed by atoms with E-state index in [4.69, 9.17) is 26.4 Å². The van der Waals surface area contributed by atoms with Crippen molar-refractivity contribution >= 4 is 41.0 Å². The van der Waals surface area contributed by atoms with E-state index < -0.39 is 0 Å². The van der Waals surface area contributed by atoms with Gasteiger partial charge in [0.1, 0.15) is 11.5 Å². The van der Waals surface area contributed by atoms with Crippen LogP contribution in [-0.4, -0.2) is 83.9 Å². The lowest BCUT2D eigenvalue weighted by molar-refractivity contribution is 0.0920. The number of aliphatic imine (C=N–C) groups is 1. The molecule has 35 heavy (non-hydrogen) atoms. The number of carbonyl (C=O) groups is 1. The Hall–Kier alpha value is -3.67. The summed E-state index contributed by atoms with van der Waals surface area (Å²) in [5, 5.41) is 6.53. The fraction of sp³-hybridized carbons (Fsp3) is 0.435. The summed E-state index contributed by atoms with van der Waals surface area (Å²) in [7, 11) is 3.16. The van der Waals surface area contributed by atoms with Gasteiger partial charge in [-0.1, -0.05) is 0 Å². The Morgan fingerprint density at radius 2 is 1.54 bits per heavy atom. The Bertz CT molecular complexity index is 1050. The highest BCUT2D eigenvalue weighted by molar-refractivity contribution is 7.80. The van der Waals surface area contributed by atoms with Crippen LogP contribution in [0.4, 0.5) is 16.4 Å². The standard InChI is InChI=1S/C23H31N7O4S/c1-6-34-23(31)30-9-7-29(8-10-30)21(27-20-24-15(2)11-16(3)25-20)28-22(35)26-17-12-18(32-4)14-19(13-17)33-5/h11-14H,6-10H2,1-5H3,(H2,24,25,26,27,28,35). The van der Waals surface area contributed by atoms with Crippen molar-refractivity contribution in [2.75, 3.05) is 57.6 Å². The van der Waals surface area contributed by atoms with Gasteiger partial charge in [0, 0.05) is 61.5 Å². The average molecular weight is 502 g/mol. The smallest absolute Gasteiger partial charge is 0.409 e. The Kier molecular flexibility index (Phi) is 9.01. The van der Waals surface area contributed by atoms with E-state index in [1.54, 1.807) is 44.2 Å². The summed E-state index contributed by atoms with van der Waals surface area (Å²) in [5.74, 6) is 2.14. The van der Waals surface area contributed by atoms with Crippen LogP contribution in [0.3, 0.4) is 0 Å². The molecule has 0 atom stereocenters. The molecule has 1 amide bonds. The normalized spacial score (nSPS) is 13.8. The van der Waals surface area contributed by atoms with Crippen LogP contribution in [0.2, 0.25) is 0 Å². The third-order valence-electron chi connectivity index (χ3n) is 5.12. The molecule has 1 saturated heterocycles. The monoisotopic (exact) mass is 501 g/mol. The van der Waals surface area contributed by atoms with Gasteiger partial charge in [-0.15, -0.1) is 0 Å². The van der Waals surface area contributed by atoms with Gasteiger partial charge in [-0.3, -0.25) is 5.32 Å². The number of thiocarbonyl (C=S) groups is 1. The Morgan fingerprint density at radius 1 is 0.971 bits per heavy atom. The van der Waals surface area contributed by atoms with Crippen molar-refractivity contribution in [3.8, 4) is 11.5 Å². The summed E-state index contributed by atoms with van der Waals surface area (Å²) in [6, 6.07) is 7.25. The van der Waals surface area contributed by atoms with Crippen molar-refractivity contribution in [1.29, 1.82) is 0 Å². The number of hydrogen-bond donors (Lipinski definition) is 2. The van der Waals surface area contributed by atoms with Gasteiger partial charge in [-0.05, 0) is 39.1 Å². The minimum absolute atomic E-state index is 0.222. The van der Waals surface area contributed by atoms with E-state index in [9.17, 15) is 4.79 Å². The molecule has 1 aromatic carbocycles. The molecule has 0 saturated carbocycles. The molecular weight excluding hydrogens is 470 g/mol. The molecule has 1 aliphatic heterocycles. The zero-order valence-corrected chi connectivity index (χ0v) is 21.4. The molecule has 0 spiro atoms. The van der Waals surface area contributed by atoms with Crippen molar-refractivity contribution in [3.63, 3.8) is 0 Å². The topological polar surface area (TPSA) is 113 Å². The molecule has 1 aromatic heterocycles. The number of amides is 1. The predicted octanol–water partition coefficient (Wildman–Crippen LogP) is 3.05. The largest absolute Gasteiger partial charge is 0.497 e. The van der Waals surface area contributed by atoms with Crippen LogP contribution < -0.4 is 20.1 Å². The summed E-state index contributed by atoms with van der Waals surface area (Å²) in [6.45, 7) is 7.97. The number of rotatable bonds is 5. The summed E-state index contributed by atoms with van der Waals surface area (Å²) in [5.41, 5.74) is 2.33. The molecule has 2 heterocycles. The summed E-state index contributed by atoms with van der Waals surface area (Å²) >= 11 is 5.54. The van der Waals surface area contributed by atoms with Gasteiger partial charge < -0.3 is 29.3 Å². The molecule has 0 bridgehead atoms. The van der Waals surface area contributed by atoms with Gasteiger partial charge in [0.25, 0.3) is 0 Å². The first kappa shape index (κ1) is 25.9. The molecule has 0 unspecified atom stereocenters. The quantitative estimate of drug-likeness (QED) is 0.360. The number of anilines is 2. The van der Waals surface area contributed by atoms with Crippen LogP contribution in [-0.2, 0) is 4.74 Å². The molecular formula is C23H31N7O4S. The number of aromatic nitrogens is 2. The lowest BCUT2D eigenvalue weighted by atomic mass is 10.3. The Morgan fingerprint density at radius 3 is 2.09 bits per heavy atom. The molecule has 12 heteroatoms. The first-order chi connectivity index (χ1) is 16.8. The van der Waals surface area contributed by atoms with Crippen LogP contribution >= 0.6 is 12.2 Å². The summed E-state index contributed by atoms with van der Waals surface area (Å²) in [4.78, 5) is 29.3. The van der Waals surface area contributed by atoms with Gasteiger partial charge >= 0.3 is 6.09 Å². The maximum absolute atomic E-state index is 12.1. The van der Waals surface area contributed by atoms with Crippen LogP contribution in [0.1, 0.15) is 18.3 Å². The van der Waals surface area contributed by atoms with Gasteiger partial charge in [-0.2, -0.15) is 4.99 Å². The highest BCUT2D eigenvalue weighted by Crippen LogP contribution is 2.26. The number of piperazine rings is 1. The fourth-order valence-corrected chi connectivity index (χ4v) is 3.71. The van der Waals surface area contributed by atoms with Crippen molar-refractivity contribution < 1.29 is 19.0 Å². The van der Waals surface area contributed by atoms with E-state index in [0.29, 0.717) is 61.9 Å². The Labute approximate surface area is 210 Å². The summed E-state index contributed by atoms with van der Waals surface area (Å²) in [6.07, 6.45) is -0.319. The lowest BCUT2D eigenvalue weighted by Crippen LogP contribution is -2.52. The van der Waals surface area contributed by atoms with Crippen molar-refractivity contribution in [2.45, 2.75) is 20.8 Å². The van der Waals surface area contributed by atoms with E-state index in [1.807, 2.05) is 24.8 Å². The van der Waals surface area contributed by atoms with Crippen molar-refractivity contribution in [1.82, 2.24) is 19.8 Å². The van der Waals surface area contributed by atoms with E-state index >= 15 is 0 Å². The second kappa shape index (κ2) is 12.2. The number of nitrogens with zero attached hydrogens (tertiary/aromatic N) is 5. The number of benzene rings is 1. The highest BCUT2D eigenvalue weighted by Gasteiger charge is 2.25. The molecule has 1 aliphatic rings. The molecule has 1 fully saturated rings. The second-order valence-corrected chi connectivity index (χ2v) is 8.13. The van der Waals surface area contributed by atoms with Gasteiger partial charge in [0.2, 0.25) is 17.0 Å². The van der Waals surface area contributed by atoms with Crippen LogP contribution in [0.5, 0.6) is 11.5 Å². The number of methoxy groups -OCH3 is 2. The number of nitrogens with one attached hydrogen (secondary N) is 2. The summed E-state index contributed by atoms with van der Waals surface area (Å²) < 4.78 is 15.8. The first-order valence-electron chi connectivity index (χ1n) is 11.2. The van der Waals surface area contributed by atoms with Gasteiger partial charge in [-0.25, -0.2) is 14.8 Å². The number of guanidine groups is 1. The molecule has 0 radical (unpaired) electrons. The van der Waals surface area contributed by atoms with Crippen molar-refractivity contribution in [2.24, 2.45) is 4.99 Å². The Balaban J connectivity index is 1.82. The molecule has 2 aromatic rings. The number of ether oxygens (including phenoxy) is 3. The zero-order chi connectivity index (χ0) is 25.4. The average Bonchev–Trinajstić information content (AvgIpc) is 2.83. The van der Waals surface area contributed by atoms with Gasteiger partial charge in [0.15, 0.2) is 0 Å². The third kappa shape index (κ3) is 7.41. The zero-order valence-electron chi connectivity index (χ0n) is 20.6. The minimum Gasteiger partial charge on any atom is -0.497 e. The highest BCUT2D eigenvalue weighted by atomic mass is 32.1. The minimum atomic E-state index is -0.319. The number of carbonyl (C=O) groups excluding carboxylic acids is 1. The van der Waals surface area contributed by atoms with E-state index in [1.165, 1.54) is 0 Å². The van der Waals surface area contributed by atoms with Crippen LogP contribution in [0.25, 0.3) is 0 Å². The van der Waals surface area contributed by atoms with Gasteiger partial charge in [0.05, 0.1) is 20.8 Å². The van der Waals surface area contributed by atoms with Crippen LogP contribution in [0.15, 0.2) is 29.3 Å². The van der Waals surface area contributed by atoms with Crippen LogP contribution in [0, 0.1) is 13.8 Å². The second-order valence-electron chi connectivity index (χ2n) is 7.74. The molecule has 3 rings (SSSR count). The first-order valence-corrected chi connectivity index (χ1v) is 11.6. The molecule has 0 aliphatic carbocycles. The number of aryl methyl sites for hydroxylation is 2. The number of hydrogen-bond acceptors (Lipinski definition) is 7. The van der Waals surface area contributed by atoms with E-state index in [0.717, 1.165) is 11.4 Å². The maximum atomic E-state index is 12.1. The van der Waals surface area contributed by atoms with E-state index in [-0.39, 0.29) is 11.2 Å². The molecule has 2 N–H and O–H groups in total. The lowest BCUT2D eigenvalue weighted by Gasteiger charge is -2.35. The van der Waals surface area contributed by atoms with E-state index in [2.05, 4.69) is 25.6 Å². The SMILES string of the molecule is CCOC(=O)N1CCN(/C(=N\C(=S)Nc2cc(OC)cc(OC)c2)Nc2nc(C)cc(C)n2)CC1.